The third-order valence-corrected chi connectivity index (χ3v) is 4.75. The number of rotatable bonds is 7. The van der Waals surface area contributed by atoms with Crippen LogP contribution in [0.15, 0.2) is 64.5 Å². The first kappa shape index (κ1) is 21.0. The molecule has 0 aliphatic carbocycles. The molecule has 0 aliphatic rings. The molecule has 9 heteroatoms. The SMILES string of the molecule is COC(=O)c1ccccc1NC(=O)CSc1nnc(/C=C/c2ccccc2)c(=O)[nH]1. The number of nitrogens with one attached hydrogen (secondary N) is 2. The molecule has 0 spiro atoms. The fourth-order valence-electron chi connectivity index (χ4n) is 2.44. The number of ether oxygens (including phenoxy) is 1. The molecule has 0 unspecified atom stereocenters. The van der Waals surface area contributed by atoms with E-state index in [2.05, 4.69) is 20.5 Å². The average Bonchev–Trinajstić information content (AvgIpc) is 2.77. The molecule has 0 saturated heterocycles. The molecule has 30 heavy (non-hydrogen) atoms. The fourth-order valence-corrected chi connectivity index (χ4v) is 3.05. The summed E-state index contributed by atoms with van der Waals surface area (Å²) in [5.74, 6) is -0.945. The Hall–Kier alpha value is -3.72. The highest BCUT2D eigenvalue weighted by Crippen LogP contribution is 2.17. The first-order valence-electron chi connectivity index (χ1n) is 8.87. The lowest BCUT2D eigenvalue weighted by Gasteiger charge is -2.09. The number of methoxy groups -OCH3 is 1. The molecular weight excluding hydrogens is 404 g/mol. The molecule has 0 radical (unpaired) electrons. The summed E-state index contributed by atoms with van der Waals surface area (Å²) in [6.45, 7) is 0. The average molecular weight is 422 g/mol. The van der Waals surface area contributed by atoms with Crippen LogP contribution in [0.5, 0.6) is 0 Å². The summed E-state index contributed by atoms with van der Waals surface area (Å²) in [6, 6.07) is 16.0. The van der Waals surface area contributed by atoms with Crippen molar-refractivity contribution in [2.45, 2.75) is 5.16 Å². The van der Waals surface area contributed by atoms with E-state index >= 15 is 0 Å². The minimum absolute atomic E-state index is 0.0284. The molecule has 1 aromatic heterocycles. The predicted octanol–water partition coefficient (Wildman–Crippen LogP) is 2.85. The van der Waals surface area contributed by atoms with Crippen LogP contribution in [0.4, 0.5) is 5.69 Å². The Morgan fingerprint density at radius 1 is 1.07 bits per heavy atom. The maximum Gasteiger partial charge on any atom is 0.339 e. The van der Waals surface area contributed by atoms with Gasteiger partial charge in [0.15, 0.2) is 10.9 Å². The second-order valence-electron chi connectivity index (χ2n) is 5.96. The van der Waals surface area contributed by atoms with Gasteiger partial charge in [-0.05, 0) is 23.8 Å². The smallest absolute Gasteiger partial charge is 0.339 e. The maximum atomic E-state index is 12.2. The van der Waals surface area contributed by atoms with Gasteiger partial charge in [0.2, 0.25) is 5.91 Å². The summed E-state index contributed by atoms with van der Waals surface area (Å²) >= 11 is 1.02. The van der Waals surface area contributed by atoms with Gasteiger partial charge in [0.25, 0.3) is 5.56 Å². The second-order valence-corrected chi connectivity index (χ2v) is 6.93. The van der Waals surface area contributed by atoms with E-state index in [9.17, 15) is 14.4 Å². The molecule has 1 heterocycles. The molecular formula is C21H18N4O4S. The number of carbonyl (C=O) groups excluding carboxylic acids is 2. The van der Waals surface area contributed by atoms with Gasteiger partial charge in [-0.3, -0.25) is 14.6 Å². The van der Waals surface area contributed by atoms with Crippen LogP contribution in [0.25, 0.3) is 12.2 Å². The van der Waals surface area contributed by atoms with Gasteiger partial charge >= 0.3 is 5.97 Å². The molecule has 152 valence electrons. The molecule has 0 atom stereocenters. The van der Waals surface area contributed by atoms with E-state index < -0.39 is 11.5 Å². The van der Waals surface area contributed by atoms with Crippen LogP contribution in [0, 0.1) is 0 Å². The van der Waals surface area contributed by atoms with Crippen LogP contribution in [-0.4, -0.2) is 39.9 Å². The zero-order valence-corrected chi connectivity index (χ0v) is 16.8. The van der Waals surface area contributed by atoms with E-state index in [0.29, 0.717) is 5.69 Å². The zero-order valence-electron chi connectivity index (χ0n) is 16.0. The fraction of sp³-hybridized carbons (Fsp3) is 0.0952. The first-order chi connectivity index (χ1) is 14.6. The number of benzene rings is 2. The Balaban J connectivity index is 1.61. The summed E-state index contributed by atoms with van der Waals surface area (Å²) in [6.07, 6.45) is 3.34. The van der Waals surface area contributed by atoms with Crippen LogP contribution in [0.1, 0.15) is 21.6 Å². The number of nitrogens with zero attached hydrogens (tertiary/aromatic N) is 2. The predicted molar refractivity (Wildman–Crippen MR) is 115 cm³/mol. The third-order valence-electron chi connectivity index (χ3n) is 3.88. The normalized spacial score (nSPS) is 10.7. The van der Waals surface area contributed by atoms with Crippen LogP contribution >= 0.6 is 11.8 Å². The topological polar surface area (TPSA) is 114 Å². The highest BCUT2D eigenvalue weighted by Gasteiger charge is 2.14. The van der Waals surface area contributed by atoms with Crippen molar-refractivity contribution >= 4 is 41.5 Å². The number of H-pyrrole nitrogens is 1. The van der Waals surface area contributed by atoms with Crippen molar-refractivity contribution in [2.24, 2.45) is 0 Å². The van der Waals surface area contributed by atoms with E-state index in [4.69, 9.17) is 4.74 Å². The number of thioether (sulfide) groups is 1. The molecule has 8 nitrogen and oxygen atoms in total. The van der Waals surface area contributed by atoms with Gasteiger partial charge in [-0.2, -0.15) is 0 Å². The number of esters is 1. The third kappa shape index (κ3) is 5.65. The van der Waals surface area contributed by atoms with Crippen LogP contribution in [-0.2, 0) is 9.53 Å². The summed E-state index contributed by atoms with van der Waals surface area (Å²) in [5, 5.41) is 10.7. The highest BCUT2D eigenvalue weighted by molar-refractivity contribution is 7.99. The van der Waals surface area contributed by atoms with Gasteiger partial charge in [0, 0.05) is 0 Å². The number of aromatic amines is 1. The summed E-state index contributed by atoms with van der Waals surface area (Å²) in [5.41, 5.74) is 1.29. The Morgan fingerprint density at radius 3 is 2.53 bits per heavy atom. The molecule has 0 saturated carbocycles. The Kier molecular flexibility index (Phi) is 7.12. The number of aromatic nitrogens is 3. The van der Waals surface area contributed by atoms with Gasteiger partial charge in [0.1, 0.15) is 0 Å². The lowest BCUT2D eigenvalue weighted by molar-refractivity contribution is -0.113. The van der Waals surface area contributed by atoms with Crippen LogP contribution < -0.4 is 10.9 Å². The minimum atomic E-state index is -0.548. The maximum absolute atomic E-state index is 12.2. The van der Waals surface area contributed by atoms with Crippen molar-refractivity contribution in [3.8, 4) is 0 Å². The second kappa shape index (κ2) is 10.2. The Bertz CT molecular complexity index is 1130. The van der Waals surface area contributed by atoms with Crippen molar-refractivity contribution in [3.05, 3.63) is 81.8 Å². The summed E-state index contributed by atoms with van der Waals surface area (Å²) < 4.78 is 4.70. The molecule has 0 fully saturated rings. The number of anilines is 1. The van der Waals surface area contributed by atoms with Crippen LogP contribution in [0.3, 0.4) is 0 Å². The van der Waals surface area contributed by atoms with Gasteiger partial charge in [0.05, 0.1) is 24.1 Å². The van der Waals surface area contributed by atoms with Gasteiger partial charge in [-0.25, -0.2) is 4.79 Å². The van der Waals surface area contributed by atoms with E-state index in [-0.39, 0.29) is 28.1 Å². The number of amides is 1. The molecule has 2 N–H and O–H groups in total. The van der Waals surface area contributed by atoms with Crippen molar-refractivity contribution in [3.63, 3.8) is 0 Å². The Labute approximate surface area is 176 Å². The molecule has 0 bridgehead atoms. The van der Waals surface area contributed by atoms with E-state index in [0.717, 1.165) is 17.3 Å². The van der Waals surface area contributed by atoms with Crippen LogP contribution in [0.2, 0.25) is 0 Å². The van der Waals surface area contributed by atoms with E-state index in [1.54, 1.807) is 36.4 Å². The van der Waals surface area contributed by atoms with Crippen molar-refractivity contribution in [2.75, 3.05) is 18.2 Å². The highest BCUT2D eigenvalue weighted by atomic mass is 32.2. The number of para-hydroxylation sites is 1. The molecule has 2 aromatic carbocycles. The Morgan fingerprint density at radius 2 is 1.80 bits per heavy atom. The largest absolute Gasteiger partial charge is 0.465 e. The van der Waals surface area contributed by atoms with Crippen molar-refractivity contribution < 1.29 is 14.3 Å². The van der Waals surface area contributed by atoms with E-state index in [1.165, 1.54) is 7.11 Å². The van der Waals surface area contributed by atoms with Gasteiger partial charge in [-0.15, -0.1) is 10.2 Å². The van der Waals surface area contributed by atoms with Crippen molar-refractivity contribution in [1.82, 2.24) is 15.2 Å². The molecule has 3 rings (SSSR count). The number of hydrogen-bond donors (Lipinski definition) is 2. The molecule has 1 amide bonds. The molecule has 3 aromatic rings. The minimum Gasteiger partial charge on any atom is -0.465 e. The summed E-state index contributed by atoms with van der Waals surface area (Å²) in [7, 11) is 1.27. The number of carbonyl (C=O) groups is 2. The lowest BCUT2D eigenvalue weighted by atomic mass is 10.2. The summed E-state index contributed by atoms with van der Waals surface area (Å²) in [4.78, 5) is 38.8. The van der Waals surface area contributed by atoms with Gasteiger partial charge < -0.3 is 10.1 Å². The standard InChI is InChI=1S/C21H18N4O4S/c1-29-20(28)15-9-5-6-10-16(15)22-18(26)13-30-21-23-19(27)17(24-25-21)12-11-14-7-3-2-4-8-14/h2-12H,13H2,1H3,(H,22,26)(H,23,25,27)/b12-11+. The monoisotopic (exact) mass is 422 g/mol. The zero-order chi connectivity index (χ0) is 21.3. The van der Waals surface area contributed by atoms with Gasteiger partial charge in [-0.1, -0.05) is 60.3 Å². The quantitative estimate of drug-likeness (QED) is 0.444. The lowest BCUT2D eigenvalue weighted by Crippen LogP contribution is -2.18. The van der Waals surface area contributed by atoms with E-state index in [1.807, 2.05) is 30.3 Å². The first-order valence-corrected chi connectivity index (χ1v) is 9.85. The van der Waals surface area contributed by atoms with Crippen molar-refractivity contribution in [1.29, 1.82) is 0 Å². The number of hydrogen-bond acceptors (Lipinski definition) is 7. The molecule has 0 aliphatic heterocycles.